The number of aryl methyl sites for hydroxylation is 1. The lowest BCUT2D eigenvalue weighted by Crippen LogP contribution is -2.27. The zero-order chi connectivity index (χ0) is 19.4. The highest BCUT2D eigenvalue weighted by molar-refractivity contribution is 5.96. The third-order valence-corrected chi connectivity index (χ3v) is 4.08. The van der Waals surface area contributed by atoms with Gasteiger partial charge in [0, 0.05) is 24.8 Å². The predicted molar refractivity (Wildman–Crippen MR) is 92.5 cm³/mol. The zero-order valence-corrected chi connectivity index (χ0v) is 14.7. The van der Waals surface area contributed by atoms with Gasteiger partial charge in [-0.05, 0) is 31.9 Å². The number of hydrogen-bond acceptors (Lipinski definition) is 5. The number of anilines is 1. The number of halogens is 3. The molecule has 0 aliphatic carbocycles. The monoisotopic (exact) mass is 380 g/mol. The highest BCUT2D eigenvalue weighted by Crippen LogP contribution is 2.26. The molecule has 0 atom stereocenters. The molecule has 6 nitrogen and oxygen atoms in total. The average Bonchev–Trinajstić information content (AvgIpc) is 3.13. The Hall–Kier alpha value is -2.84. The van der Waals surface area contributed by atoms with Gasteiger partial charge in [0.05, 0.1) is 12.1 Å². The second-order valence-corrected chi connectivity index (χ2v) is 6.20. The largest absolute Gasteiger partial charge is 0.573 e. The first-order valence-corrected chi connectivity index (χ1v) is 8.54. The molecule has 3 rings (SSSR count). The van der Waals surface area contributed by atoms with Crippen LogP contribution in [0.2, 0.25) is 0 Å². The topological polar surface area (TPSA) is 67.4 Å². The van der Waals surface area contributed by atoms with E-state index >= 15 is 0 Å². The van der Waals surface area contributed by atoms with Crippen molar-refractivity contribution in [3.8, 4) is 5.75 Å². The van der Waals surface area contributed by atoms with Gasteiger partial charge < -0.3 is 15.0 Å². The van der Waals surface area contributed by atoms with Crippen LogP contribution in [0.15, 0.2) is 30.3 Å². The molecule has 2 heterocycles. The lowest BCUT2D eigenvalue weighted by Gasteiger charge is -2.17. The fourth-order valence-electron chi connectivity index (χ4n) is 2.92. The van der Waals surface area contributed by atoms with Crippen molar-refractivity contribution in [3.05, 3.63) is 47.4 Å². The van der Waals surface area contributed by atoms with Crippen LogP contribution in [0, 0.1) is 6.92 Å². The van der Waals surface area contributed by atoms with E-state index < -0.39 is 18.0 Å². The summed E-state index contributed by atoms with van der Waals surface area (Å²) in [6.45, 7) is 3.68. The quantitative estimate of drug-likeness (QED) is 0.863. The molecule has 2 aromatic rings. The molecule has 1 aromatic heterocycles. The van der Waals surface area contributed by atoms with E-state index in [0.29, 0.717) is 5.82 Å². The maximum Gasteiger partial charge on any atom is 0.573 e. The van der Waals surface area contributed by atoms with Gasteiger partial charge in [-0.1, -0.05) is 12.1 Å². The molecule has 1 aliphatic rings. The Bertz CT molecular complexity index is 820. The normalized spacial score (nSPS) is 14.3. The molecular formula is C18H19F3N4O2. The molecule has 0 spiro atoms. The third kappa shape index (κ3) is 5.08. The Morgan fingerprint density at radius 3 is 2.63 bits per heavy atom. The molecule has 1 amide bonds. The van der Waals surface area contributed by atoms with Crippen LogP contribution in [0.3, 0.4) is 0 Å². The average molecular weight is 380 g/mol. The van der Waals surface area contributed by atoms with E-state index in [4.69, 9.17) is 0 Å². The van der Waals surface area contributed by atoms with Crippen molar-refractivity contribution in [2.24, 2.45) is 0 Å². The molecule has 1 aliphatic heterocycles. The number of hydrogen-bond donors (Lipinski definition) is 1. The Morgan fingerprint density at radius 1 is 1.22 bits per heavy atom. The zero-order valence-electron chi connectivity index (χ0n) is 14.7. The number of aromatic nitrogens is 2. The predicted octanol–water partition coefficient (Wildman–Crippen LogP) is 3.21. The minimum atomic E-state index is -4.87. The molecule has 1 fully saturated rings. The highest BCUT2D eigenvalue weighted by Gasteiger charge is 2.32. The molecular weight excluding hydrogens is 361 g/mol. The van der Waals surface area contributed by atoms with Crippen LogP contribution >= 0.6 is 0 Å². The van der Waals surface area contributed by atoms with Crippen molar-refractivity contribution in [3.63, 3.8) is 0 Å². The van der Waals surface area contributed by atoms with Gasteiger partial charge in [-0.2, -0.15) is 0 Å². The van der Waals surface area contributed by atoms with Crippen molar-refractivity contribution in [1.29, 1.82) is 0 Å². The summed E-state index contributed by atoms with van der Waals surface area (Å²) in [5.41, 5.74) is 0.555. The summed E-state index contributed by atoms with van der Waals surface area (Å²) in [7, 11) is 0. The van der Waals surface area contributed by atoms with E-state index in [1.54, 1.807) is 0 Å². The van der Waals surface area contributed by atoms with E-state index in [9.17, 15) is 18.0 Å². The van der Waals surface area contributed by atoms with Gasteiger partial charge in [0.25, 0.3) is 5.91 Å². The highest BCUT2D eigenvalue weighted by atomic mass is 19.4. The summed E-state index contributed by atoms with van der Waals surface area (Å²) < 4.78 is 41.4. The van der Waals surface area contributed by atoms with Crippen molar-refractivity contribution in [2.75, 3.05) is 18.0 Å². The van der Waals surface area contributed by atoms with Crippen LogP contribution in [0.4, 0.5) is 19.0 Å². The minimum Gasteiger partial charge on any atom is -0.405 e. The maximum absolute atomic E-state index is 12.5. The van der Waals surface area contributed by atoms with Gasteiger partial charge >= 0.3 is 6.36 Å². The number of nitrogens with one attached hydrogen (secondary N) is 1. The number of alkyl halides is 3. The summed E-state index contributed by atoms with van der Waals surface area (Å²) in [5, 5.41) is 2.56. The van der Waals surface area contributed by atoms with Crippen molar-refractivity contribution in [2.45, 2.75) is 32.7 Å². The Balaban J connectivity index is 1.71. The smallest absolute Gasteiger partial charge is 0.405 e. The first-order chi connectivity index (χ1) is 12.8. The molecule has 0 unspecified atom stereocenters. The van der Waals surface area contributed by atoms with E-state index in [1.165, 1.54) is 18.2 Å². The summed E-state index contributed by atoms with van der Waals surface area (Å²) >= 11 is 0. The third-order valence-electron chi connectivity index (χ3n) is 4.08. The molecule has 1 saturated heterocycles. The Kier molecular flexibility index (Phi) is 5.48. The maximum atomic E-state index is 12.5. The Labute approximate surface area is 154 Å². The lowest BCUT2D eigenvalue weighted by molar-refractivity contribution is -0.274. The fraction of sp³-hybridized carbons (Fsp3) is 0.389. The molecule has 0 saturated carbocycles. The van der Waals surface area contributed by atoms with Gasteiger partial charge in [0.15, 0.2) is 0 Å². The number of nitrogens with zero attached hydrogens (tertiary/aromatic N) is 3. The summed E-state index contributed by atoms with van der Waals surface area (Å²) in [5.74, 6) is -0.0439. The van der Waals surface area contributed by atoms with Crippen LogP contribution in [0.1, 0.15) is 34.7 Å². The molecule has 144 valence electrons. The van der Waals surface area contributed by atoms with Gasteiger partial charge in [0.1, 0.15) is 17.4 Å². The van der Waals surface area contributed by atoms with Crippen LogP contribution < -0.4 is 15.0 Å². The first-order valence-electron chi connectivity index (χ1n) is 8.54. The van der Waals surface area contributed by atoms with Gasteiger partial charge in [-0.15, -0.1) is 13.2 Å². The minimum absolute atomic E-state index is 0.00169. The van der Waals surface area contributed by atoms with Crippen molar-refractivity contribution in [1.82, 2.24) is 15.3 Å². The molecule has 1 aromatic carbocycles. The first kappa shape index (κ1) is 18.9. The second-order valence-electron chi connectivity index (χ2n) is 6.20. The van der Waals surface area contributed by atoms with Gasteiger partial charge in [-0.25, -0.2) is 9.97 Å². The number of rotatable bonds is 5. The van der Waals surface area contributed by atoms with E-state index in [2.05, 4.69) is 24.9 Å². The van der Waals surface area contributed by atoms with Crippen LogP contribution in [-0.2, 0) is 6.54 Å². The standard InChI is InChI=1S/C18H19F3N4O2/c1-12-10-16(25-8-4-5-9-25)24-15(23-12)11-22-17(26)13-6-2-3-7-14(13)27-18(19,20)21/h2-3,6-7,10H,4-5,8-9,11H2,1H3,(H,22,26). The number of amides is 1. The summed E-state index contributed by atoms with van der Waals surface area (Å²) in [6, 6.07) is 7.07. The lowest BCUT2D eigenvalue weighted by atomic mass is 10.2. The van der Waals surface area contributed by atoms with Crippen LogP contribution in [0.5, 0.6) is 5.75 Å². The number of carbonyl (C=O) groups excluding carboxylic acids is 1. The van der Waals surface area contributed by atoms with E-state index in [-0.39, 0.29) is 12.1 Å². The fourth-order valence-corrected chi connectivity index (χ4v) is 2.92. The van der Waals surface area contributed by atoms with E-state index in [0.717, 1.165) is 43.5 Å². The molecule has 27 heavy (non-hydrogen) atoms. The number of benzene rings is 1. The molecule has 0 bridgehead atoms. The molecule has 9 heteroatoms. The van der Waals surface area contributed by atoms with E-state index in [1.807, 2.05) is 13.0 Å². The van der Waals surface area contributed by atoms with Crippen molar-refractivity contribution < 1.29 is 22.7 Å². The van der Waals surface area contributed by atoms with Gasteiger partial charge in [-0.3, -0.25) is 4.79 Å². The SMILES string of the molecule is Cc1cc(N2CCCC2)nc(CNC(=O)c2ccccc2OC(F)(F)F)n1. The number of para-hydroxylation sites is 1. The summed E-state index contributed by atoms with van der Waals surface area (Å²) in [6.07, 6.45) is -2.67. The second kappa shape index (κ2) is 7.81. The number of ether oxygens (including phenoxy) is 1. The van der Waals surface area contributed by atoms with Crippen molar-refractivity contribution >= 4 is 11.7 Å². The molecule has 1 N–H and O–H groups in total. The summed E-state index contributed by atoms with van der Waals surface area (Å²) in [4.78, 5) is 23.2. The van der Waals surface area contributed by atoms with Crippen LogP contribution in [-0.4, -0.2) is 35.3 Å². The number of carbonyl (C=O) groups is 1. The Morgan fingerprint density at radius 2 is 1.93 bits per heavy atom. The van der Waals surface area contributed by atoms with Gasteiger partial charge in [0.2, 0.25) is 0 Å². The molecule has 0 radical (unpaired) electrons. The van der Waals surface area contributed by atoms with Crippen LogP contribution in [0.25, 0.3) is 0 Å².